The summed E-state index contributed by atoms with van der Waals surface area (Å²) in [6, 6.07) is 0.264. The number of hydrogen-bond donors (Lipinski definition) is 1. The number of carbonyl (C=O) groups is 1. The molecule has 0 bridgehead atoms. The van der Waals surface area contributed by atoms with Gasteiger partial charge in [-0.05, 0) is 25.7 Å². The lowest BCUT2D eigenvalue weighted by molar-refractivity contribution is 0.0931. The summed E-state index contributed by atoms with van der Waals surface area (Å²) in [7, 11) is 1.62. The van der Waals surface area contributed by atoms with Crippen LogP contribution in [0.2, 0.25) is 0 Å². The highest BCUT2D eigenvalue weighted by molar-refractivity contribution is 7.09. The van der Waals surface area contributed by atoms with Gasteiger partial charge in [0.15, 0.2) is 0 Å². The van der Waals surface area contributed by atoms with E-state index in [4.69, 9.17) is 4.74 Å². The van der Waals surface area contributed by atoms with E-state index in [9.17, 15) is 4.79 Å². The standard InChI is InChI=1S/C11H16N2O2S/c1-7(8-3-4-8)12-11(14)9-6-16-10(13-9)5-15-2/h6-8H,3-5H2,1-2H3,(H,12,14)/t7-/m0/s1. The fourth-order valence-electron chi connectivity index (χ4n) is 1.60. The largest absolute Gasteiger partial charge is 0.378 e. The number of amides is 1. The molecule has 1 heterocycles. The molecule has 0 unspecified atom stereocenters. The lowest BCUT2D eigenvalue weighted by Crippen LogP contribution is -2.34. The first-order valence-corrected chi connectivity index (χ1v) is 6.33. The highest BCUT2D eigenvalue weighted by Gasteiger charge is 2.29. The van der Waals surface area contributed by atoms with Crippen molar-refractivity contribution in [2.75, 3.05) is 7.11 Å². The maximum absolute atomic E-state index is 11.8. The Bertz CT molecular complexity index is 374. The SMILES string of the molecule is COCc1nc(C(=O)N[C@@H](C)C2CC2)cs1. The summed E-state index contributed by atoms with van der Waals surface area (Å²) in [4.78, 5) is 16.0. The van der Waals surface area contributed by atoms with E-state index in [0.717, 1.165) is 5.01 Å². The third kappa shape index (κ3) is 2.80. The summed E-state index contributed by atoms with van der Waals surface area (Å²) < 4.78 is 4.97. The fourth-order valence-corrected chi connectivity index (χ4v) is 2.34. The summed E-state index contributed by atoms with van der Waals surface area (Å²) in [5.74, 6) is 0.596. The maximum atomic E-state index is 11.8. The van der Waals surface area contributed by atoms with E-state index in [0.29, 0.717) is 18.2 Å². The molecule has 0 radical (unpaired) electrons. The Morgan fingerprint density at radius 2 is 2.50 bits per heavy atom. The summed E-state index contributed by atoms with van der Waals surface area (Å²) in [5, 5.41) is 5.60. The molecular formula is C11H16N2O2S. The Labute approximate surface area is 99.0 Å². The second-order valence-corrected chi connectivity index (χ2v) is 5.10. The summed E-state index contributed by atoms with van der Waals surface area (Å²) in [6.45, 7) is 2.52. The van der Waals surface area contributed by atoms with Crippen LogP contribution in [-0.2, 0) is 11.3 Å². The van der Waals surface area contributed by atoms with Crippen molar-refractivity contribution in [2.24, 2.45) is 5.92 Å². The highest BCUT2D eigenvalue weighted by Crippen LogP contribution is 2.32. The number of aromatic nitrogens is 1. The van der Waals surface area contributed by atoms with Gasteiger partial charge >= 0.3 is 0 Å². The van der Waals surface area contributed by atoms with Crippen LogP contribution in [0.25, 0.3) is 0 Å². The molecule has 1 aromatic heterocycles. The van der Waals surface area contributed by atoms with E-state index < -0.39 is 0 Å². The van der Waals surface area contributed by atoms with Gasteiger partial charge in [0.25, 0.3) is 5.91 Å². The Morgan fingerprint density at radius 1 is 1.75 bits per heavy atom. The molecule has 1 N–H and O–H groups in total. The third-order valence-corrected chi connectivity index (χ3v) is 3.56. The summed E-state index contributed by atoms with van der Waals surface area (Å²) >= 11 is 1.46. The van der Waals surface area contributed by atoms with Crippen molar-refractivity contribution in [1.82, 2.24) is 10.3 Å². The first kappa shape index (κ1) is 11.5. The molecule has 2 rings (SSSR count). The van der Waals surface area contributed by atoms with E-state index >= 15 is 0 Å². The van der Waals surface area contributed by atoms with Gasteiger partial charge in [0.1, 0.15) is 10.7 Å². The van der Waals surface area contributed by atoms with Crippen molar-refractivity contribution in [3.63, 3.8) is 0 Å². The van der Waals surface area contributed by atoms with Crippen LogP contribution >= 0.6 is 11.3 Å². The van der Waals surface area contributed by atoms with Gasteiger partial charge in [0, 0.05) is 18.5 Å². The van der Waals surface area contributed by atoms with E-state index in [2.05, 4.69) is 17.2 Å². The minimum absolute atomic E-state index is 0.0713. The number of thiazole rings is 1. The molecule has 1 amide bonds. The van der Waals surface area contributed by atoms with Gasteiger partial charge in [-0.1, -0.05) is 0 Å². The molecule has 1 saturated carbocycles. The van der Waals surface area contributed by atoms with Crippen LogP contribution in [0.4, 0.5) is 0 Å². The van der Waals surface area contributed by atoms with Crippen LogP contribution in [0.5, 0.6) is 0 Å². The van der Waals surface area contributed by atoms with E-state index in [1.54, 1.807) is 12.5 Å². The number of methoxy groups -OCH3 is 1. The topological polar surface area (TPSA) is 51.2 Å². The van der Waals surface area contributed by atoms with Gasteiger partial charge in [-0.15, -0.1) is 11.3 Å². The van der Waals surface area contributed by atoms with Gasteiger partial charge in [-0.25, -0.2) is 4.98 Å². The van der Waals surface area contributed by atoms with E-state index in [1.807, 2.05) is 0 Å². The Balaban J connectivity index is 1.91. The molecule has 0 aliphatic heterocycles. The summed E-state index contributed by atoms with van der Waals surface area (Å²) in [6.07, 6.45) is 2.46. The molecule has 0 spiro atoms. The van der Waals surface area contributed by atoms with Gasteiger partial charge < -0.3 is 10.1 Å². The zero-order valence-corrected chi connectivity index (χ0v) is 10.3. The molecule has 1 atom stereocenters. The average molecular weight is 240 g/mol. The molecular weight excluding hydrogens is 224 g/mol. The first-order valence-electron chi connectivity index (χ1n) is 5.45. The zero-order chi connectivity index (χ0) is 11.5. The average Bonchev–Trinajstić information content (AvgIpc) is 3.00. The van der Waals surface area contributed by atoms with Gasteiger partial charge in [0.2, 0.25) is 0 Å². The number of rotatable bonds is 5. The Hall–Kier alpha value is -0.940. The number of nitrogens with one attached hydrogen (secondary N) is 1. The quantitative estimate of drug-likeness (QED) is 0.854. The molecule has 0 saturated heterocycles. The molecule has 5 heteroatoms. The first-order chi connectivity index (χ1) is 7.70. The number of carbonyl (C=O) groups excluding carboxylic acids is 1. The molecule has 1 aliphatic rings. The number of hydrogen-bond acceptors (Lipinski definition) is 4. The molecule has 88 valence electrons. The minimum atomic E-state index is -0.0713. The van der Waals surface area contributed by atoms with Crippen LogP contribution in [0, 0.1) is 5.92 Å². The summed E-state index contributed by atoms with van der Waals surface area (Å²) in [5.41, 5.74) is 0.504. The number of ether oxygens (including phenoxy) is 1. The Morgan fingerprint density at radius 3 is 3.12 bits per heavy atom. The molecule has 1 fully saturated rings. The second kappa shape index (κ2) is 4.93. The molecule has 16 heavy (non-hydrogen) atoms. The lowest BCUT2D eigenvalue weighted by atomic mass is 10.2. The van der Waals surface area contributed by atoms with Crippen molar-refractivity contribution in [1.29, 1.82) is 0 Å². The molecule has 1 aromatic rings. The van der Waals surface area contributed by atoms with Gasteiger partial charge in [-0.2, -0.15) is 0 Å². The Kier molecular flexibility index (Phi) is 3.56. The van der Waals surface area contributed by atoms with Crippen LogP contribution in [-0.4, -0.2) is 24.0 Å². The van der Waals surface area contributed by atoms with Gasteiger partial charge in [-0.3, -0.25) is 4.79 Å². The van der Waals surface area contributed by atoms with Crippen molar-refractivity contribution in [3.8, 4) is 0 Å². The van der Waals surface area contributed by atoms with E-state index in [1.165, 1.54) is 24.2 Å². The lowest BCUT2D eigenvalue weighted by Gasteiger charge is -2.10. The smallest absolute Gasteiger partial charge is 0.270 e. The monoisotopic (exact) mass is 240 g/mol. The maximum Gasteiger partial charge on any atom is 0.270 e. The third-order valence-electron chi connectivity index (χ3n) is 2.74. The van der Waals surface area contributed by atoms with Crippen molar-refractivity contribution >= 4 is 17.2 Å². The highest BCUT2D eigenvalue weighted by atomic mass is 32.1. The second-order valence-electron chi connectivity index (χ2n) is 4.16. The molecule has 4 nitrogen and oxygen atoms in total. The van der Waals surface area contributed by atoms with Crippen LogP contribution in [0.1, 0.15) is 35.3 Å². The van der Waals surface area contributed by atoms with E-state index in [-0.39, 0.29) is 11.9 Å². The predicted molar refractivity (Wildman–Crippen MR) is 62.5 cm³/mol. The van der Waals surface area contributed by atoms with Crippen LogP contribution < -0.4 is 5.32 Å². The fraction of sp³-hybridized carbons (Fsp3) is 0.636. The van der Waals surface area contributed by atoms with Crippen LogP contribution in [0.3, 0.4) is 0 Å². The van der Waals surface area contributed by atoms with Crippen molar-refractivity contribution in [3.05, 3.63) is 16.1 Å². The minimum Gasteiger partial charge on any atom is -0.378 e. The zero-order valence-electron chi connectivity index (χ0n) is 9.53. The van der Waals surface area contributed by atoms with Gasteiger partial charge in [0.05, 0.1) is 6.61 Å². The predicted octanol–water partition coefficient (Wildman–Crippen LogP) is 1.82. The number of nitrogens with zero attached hydrogens (tertiary/aromatic N) is 1. The molecule has 0 aromatic carbocycles. The van der Waals surface area contributed by atoms with Crippen molar-refractivity contribution < 1.29 is 9.53 Å². The normalized spacial score (nSPS) is 17.1. The van der Waals surface area contributed by atoms with Crippen LogP contribution in [0.15, 0.2) is 5.38 Å². The van der Waals surface area contributed by atoms with Crippen molar-refractivity contribution in [2.45, 2.75) is 32.4 Å². The molecule has 1 aliphatic carbocycles.